The van der Waals surface area contributed by atoms with Gasteiger partial charge in [-0.2, -0.15) is 0 Å². The molecule has 116 valence electrons. The normalized spacial score (nSPS) is 19.1. The predicted octanol–water partition coefficient (Wildman–Crippen LogP) is 2.61. The molecule has 2 rings (SSSR count). The van der Waals surface area contributed by atoms with E-state index in [0.717, 1.165) is 12.6 Å². The molecule has 1 unspecified atom stereocenters. The summed E-state index contributed by atoms with van der Waals surface area (Å²) in [7, 11) is 0. The molecule has 0 aromatic heterocycles. The second-order valence-electron chi connectivity index (χ2n) is 5.09. The van der Waals surface area contributed by atoms with E-state index in [1.54, 1.807) is 11.8 Å². The molecule has 0 bridgehead atoms. The van der Waals surface area contributed by atoms with Crippen LogP contribution in [0.3, 0.4) is 0 Å². The Labute approximate surface area is 129 Å². The van der Waals surface area contributed by atoms with E-state index in [2.05, 4.69) is 5.32 Å². The van der Waals surface area contributed by atoms with Crippen molar-refractivity contribution >= 4 is 23.9 Å². The minimum atomic E-state index is -0.653. The number of piperazine rings is 1. The third kappa shape index (κ3) is 4.51. The zero-order chi connectivity index (χ0) is 14.7. The summed E-state index contributed by atoms with van der Waals surface area (Å²) in [4.78, 5) is 13.9. The highest BCUT2D eigenvalue weighted by Crippen LogP contribution is 2.19. The number of nitrogens with one attached hydrogen (secondary N) is 1. The van der Waals surface area contributed by atoms with Gasteiger partial charge in [0.05, 0.1) is 0 Å². The Morgan fingerprint density at radius 3 is 2.76 bits per heavy atom. The number of hydrogen-bond donors (Lipinski definition) is 1. The van der Waals surface area contributed by atoms with Gasteiger partial charge >= 0.3 is 0 Å². The minimum Gasteiger partial charge on any atom is -0.336 e. The molecule has 6 heteroatoms. The highest BCUT2D eigenvalue weighted by atomic mass is 35.5. The fourth-order valence-corrected chi connectivity index (χ4v) is 2.30. The molecule has 1 aliphatic rings. The first-order chi connectivity index (χ1) is 9.47. The first kappa shape index (κ1) is 17.6. The molecule has 1 fully saturated rings. The number of nitrogens with zero attached hydrogens (tertiary/aromatic N) is 1. The molecule has 3 nitrogen and oxygen atoms in total. The third-order valence-corrected chi connectivity index (χ3v) is 3.38. The van der Waals surface area contributed by atoms with Crippen molar-refractivity contribution in [3.8, 4) is 0 Å². The summed E-state index contributed by atoms with van der Waals surface area (Å²) in [6.45, 7) is 5.69. The smallest absolute Gasteiger partial charge is 0.246 e. The van der Waals surface area contributed by atoms with Crippen LogP contribution >= 0.6 is 12.4 Å². The molecule has 1 amide bonds. The second-order valence-corrected chi connectivity index (χ2v) is 5.09. The van der Waals surface area contributed by atoms with Crippen molar-refractivity contribution in [3.63, 3.8) is 0 Å². The van der Waals surface area contributed by atoms with Crippen molar-refractivity contribution in [1.29, 1.82) is 0 Å². The van der Waals surface area contributed by atoms with Crippen molar-refractivity contribution < 1.29 is 13.6 Å². The SMILES string of the molecule is CC(=CC(=O)N1CCNC(C)C1)c1ccc(F)cc1F.Cl. The van der Waals surface area contributed by atoms with Gasteiger partial charge in [0.15, 0.2) is 0 Å². The van der Waals surface area contributed by atoms with Gasteiger partial charge < -0.3 is 10.2 Å². The largest absolute Gasteiger partial charge is 0.336 e. The summed E-state index contributed by atoms with van der Waals surface area (Å²) >= 11 is 0. The van der Waals surface area contributed by atoms with Crippen LogP contribution in [0.15, 0.2) is 24.3 Å². The summed E-state index contributed by atoms with van der Waals surface area (Å²) < 4.78 is 26.5. The molecule has 1 aromatic rings. The highest BCUT2D eigenvalue weighted by molar-refractivity contribution is 5.95. The zero-order valence-electron chi connectivity index (χ0n) is 12.0. The summed E-state index contributed by atoms with van der Waals surface area (Å²) in [5.41, 5.74) is 0.751. The van der Waals surface area contributed by atoms with Gasteiger partial charge in [-0.15, -0.1) is 12.4 Å². The maximum Gasteiger partial charge on any atom is 0.246 e. The number of carbonyl (C=O) groups is 1. The van der Waals surface area contributed by atoms with Crippen LogP contribution < -0.4 is 5.32 Å². The van der Waals surface area contributed by atoms with Crippen LogP contribution in [0.25, 0.3) is 5.57 Å². The van der Waals surface area contributed by atoms with Crippen molar-refractivity contribution in [3.05, 3.63) is 41.5 Å². The molecular weight excluding hydrogens is 298 g/mol. The standard InChI is InChI=1S/C15H18F2N2O.ClH/c1-10(13-4-3-12(16)8-14(13)17)7-15(20)19-6-5-18-11(2)9-19;/h3-4,7-8,11,18H,5-6,9H2,1-2H3;1H. The Bertz CT molecular complexity index is 548. The molecular formula is C15H19ClF2N2O. The van der Waals surface area contributed by atoms with Gasteiger partial charge in [-0.25, -0.2) is 8.78 Å². The molecule has 1 N–H and O–H groups in total. The van der Waals surface area contributed by atoms with E-state index in [0.29, 0.717) is 18.7 Å². The molecule has 1 aromatic carbocycles. The van der Waals surface area contributed by atoms with Gasteiger partial charge in [-0.05, 0) is 31.6 Å². The minimum absolute atomic E-state index is 0. The predicted molar refractivity (Wildman–Crippen MR) is 81.3 cm³/mol. The van der Waals surface area contributed by atoms with E-state index in [1.165, 1.54) is 18.2 Å². The number of hydrogen-bond acceptors (Lipinski definition) is 2. The molecule has 21 heavy (non-hydrogen) atoms. The van der Waals surface area contributed by atoms with Gasteiger partial charge in [0.25, 0.3) is 0 Å². The maximum absolute atomic E-state index is 13.6. The lowest BCUT2D eigenvalue weighted by Gasteiger charge is -2.31. The van der Waals surface area contributed by atoms with Crippen molar-refractivity contribution in [2.75, 3.05) is 19.6 Å². The Hall–Kier alpha value is -1.46. The average molecular weight is 317 g/mol. The Morgan fingerprint density at radius 2 is 2.14 bits per heavy atom. The summed E-state index contributed by atoms with van der Waals surface area (Å²) in [6, 6.07) is 3.62. The number of carbonyl (C=O) groups excluding carboxylic acids is 1. The van der Waals surface area contributed by atoms with Crippen LogP contribution in [0, 0.1) is 11.6 Å². The molecule has 0 spiro atoms. The summed E-state index contributed by atoms with van der Waals surface area (Å²) in [5, 5.41) is 3.25. The lowest BCUT2D eigenvalue weighted by molar-refractivity contribution is -0.127. The molecule has 1 saturated heterocycles. The quantitative estimate of drug-likeness (QED) is 0.851. The van der Waals surface area contributed by atoms with Crippen molar-refractivity contribution in [2.45, 2.75) is 19.9 Å². The third-order valence-electron chi connectivity index (χ3n) is 3.38. The van der Waals surface area contributed by atoms with E-state index < -0.39 is 11.6 Å². The first-order valence-corrected chi connectivity index (χ1v) is 6.63. The van der Waals surface area contributed by atoms with E-state index >= 15 is 0 Å². The number of halogens is 3. The van der Waals surface area contributed by atoms with Gasteiger partial charge in [0, 0.05) is 43.4 Å². The Balaban J connectivity index is 0.00000220. The maximum atomic E-state index is 13.6. The topological polar surface area (TPSA) is 32.3 Å². The lowest BCUT2D eigenvalue weighted by atomic mass is 10.1. The molecule has 1 heterocycles. The zero-order valence-corrected chi connectivity index (χ0v) is 12.8. The molecule has 0 saturated carbocycles. The van der Waals surface area contributed by atoms with Crippen LogP contribution in [0.1, 0.15) is 19.4 Å². The molecule has 1 aliphatic heterocycles. The van der Waals surface area contributed by atoms with Gasteiger partial charge in [-0.1, -0.05) is 0 Å². The fraction of sp³-hybridized carbons (Fsp3) is 0.400. The summed E-state index contributed by atoms with van der Waals surface area (Å²) in [6.07, 6.45) is 1.41. The van der Waals surface area contributed by atoms with Crippen LogP contribution in [0.5, 0.6) is 0 Å². The van der Waals surface area contributed by atoms with Gasteiger partial charge in [0.1, 0.15) is 11.6 Å². The monoisotopic (exact) mass is 316 g/mol. The number of rotatable bonds is 2. The number of allylic oxidation sites excluding steroid dienone is 1. The van der Waals surface area contributed by atoms with Crippen LogP contribution in [-0.2, 0) is 4.79 Å². The lowest BCUT2D eigenvalue weighted by Crippen LogP contribution is -2.50. The molecule has 1 atom stereocenters. The Morgan fingerprint density at radius 1 is 1.43 bits per heavy atom. The second kappa shape index (κ2) is 7.52. The van der Waals surface area contributed by atoms with Crippen LogP contribution in [-0.4, -0.2) is 36.5 Å². The van der Waals surface area contributed by atoms with E-state index in [-0.39, 0.29) is 29.9 Å². The van der Waals surface area contributed by atoms with E-state index in [1.807, 2.05) is 6.92 Å². The first-order valence-electron chi connectivity index (χ1n) is 6.63. The average Bonchev–Trinajstić information content (AvgIpc) is 2.38. The fourth-order valence-electron chi connectivity index (χ4n) is 2.30. The molecule has 0 radical (unpaired) electrons. The van der Waals surface area contributed by atoms with Gasteiger partial charge in [-0.3, -0.25) is 4.79 Å². The summed E-state index contributed by atoms with van der Waals surface area (Å²) in [5.74, 6) is -1.42. The van der Waals surface area contributed by atoms with Crippen molar-refractivity contribution in [1.82, 2.24) is 10.2 Å². The van der Waals surface area contributed by atoms with E-state index in [9.17, 15) is 13.6 Å². The number of benzene rings is 1. The molecule has 0 aliphatic carbocycles. The Kier molecular flexibility index (Phi) is 6.30. The van der Waals surface area contributed by atoms with Crippen LogP contribution in [0.2, 0.25) is 0 Å². The van der Waals surface area contributed by atoms with E-state index in [4.69, 9.17) is 0 Å². The van der Waals surface area contributed by atoms with Crippen molar-refractivity contribution in [2.24, 2.45) is 0 Å². The highest BCUT2D eigenvalue weighted by Gasteiger charge is 2.19. The van der Waals surface area contributed by atoms with Gasteiger partial charge in [0.2, 0.25) is 5.91 Å². The number of amides is 1. The van der Waals surface area contributed by atoms with Crippen LogP contribution in [0.4, 0.5) is 8.78 Å².